The highest BCUT2D eigenvalue weighted by Gasteiger charge is 2.44. The molecule has 70 heavy (non-hydrogen) atoms. The number of hydrogen-bond donors (Lipinski definition) is 4. The number of carbonyl (C=O) groups is 3. The maximum absolute atomic E-state index is 15.8. The number of benzene rings is 2. The molecular formula is C51H62FN11O6S. The fourth-order valence-corrected chi connectivity index (χ4v) is 9.76. The van der Waals surface area contributed by atoms with Crippen LogP contribution in [0.25, 0.3) is 38.5 Å². The van der Waals surface area contributed by atoms with Gasteiger partial charge in [0.15, 0.2) is 5.65 Å². The van der Waals surface area contributed by atoms with E-state index >= 15 is 4.39 Å². The Hall–Kier alpha value is -6.38. The average molecular weight is 976 g/mol. The van der Waals surface area contributed by atoms with E-state index in [1.165, 1.54) is 11.0 Å². The molecule has 5 N–H and O–H groups in total. The Morgan fingerprint density at radius 1 is 0.914 bits per heavy atom. The van der Waals surface area contributed by atoms with Crippen molar-refractivity contribution in [2.45, 2.75) is 72.2 Å². The maximum Gasteiger partial charge on any atom is 0.246 e. The molecule has 3 atom stereocenters. The zero-order valence-electron chi connectivity index (χ0n) is 40.4. The van der Waals surface area contributed by atoms with Crippen molar-refractivity contribution < 1.29 is 33.4 Å². The number of nitrogen functional groups attached to an aromatic ring is 1. The van der Waals surface area contributed by atoms with Crippen molar-refractivity contribution in [1.29, 1.82) is 0 Å². The lowest BCUT2D eigenvalue weighted by molar-refractivity contribution is -0.144. The number of anilines is 2. The molecule has 0 aliphatic carbocycles. The number of imidazole rings is 1. The maximum atomic E-state index is 15.8. The Morgan fingerprint density at radius 3 is 2.37 bits per heavy atom. The van der Waals surface area contributed by atoms with Crippen LogP contribution in [-0.4, -0.2) is 141 Å². The molecule has 2 aliphatic rings. The van der Waals surface area contributed by atoms with Gasteiger partial charge in [0.05, 0.1) is 65.7 Å². The Balaban J connectivity index is 0.729. The second-order valence-corrected chi connectivity index (χ2v) is 19.7. The van der Waals surface area contributed by atoms with Gasteiger partial charge < -0.3 is 40.7 Å². The number of aliphatic hydroxyl groups excluding tert-OH is 1. The van der Waals surface area contributed by atoms with Crippen LogP contribution < -0.4 is 21.3 Å². The van der Waals surface area contributed by atoms with E-state index in [2.05, 4.69) is 35.4 Å². The molecule has 2 aromatic carbocycles. The number of piperazine rings is 1. The number of pyridine rings is 2. The van der Waals surface area contributed by atoms with Crippen LogP contribution in [0.3, 0.4) is 0 Å². The molecule has 19 heteroatoms. The van der Waals surface area contributed by atoms with Crippen LogP contribution in [0.15, 0.2) is 78.4 Å². The van der Waals surface area contributed by atoms with E-state index in [9.17, 15) is 19.5 Å². The SMILES string of the molecule is Cc1ncsc1-c1ccc(CNC(=O)[C@@H]2C[C@@H](O)CN2C(=O)[C@@H](NC(=O)CCOCCOCCN2CCN(c3ccc(-n4c(C)nc5ccc(-c6ccnc(N)c6)nc54)cc3F)CC2)C(C)(C)C)cc1. The van der Waals surface area contributed by atoms with Gasteiger partial charge in [-0.1, -0.05) is 45.0 Å². The molecule has 17 nitrogen and oxygen atoms in total. The Bertz CT molecular complexity index is 2790. The minimum Gasteiger partial charge on any atom is -0.391 e. The standard InChI is InChI=1S/C51H62FN11O6S/c1-32-46(70-31-56-32)35-8-6-34(7-9-35)29-55-49(66)43-28-38(64)30-62(43)50(67)47(51(3,4)5)59-45(65)15-22-68-24-25-69-23-21-60-17-19-61(20-18-60)42-13-10-37(27-39(42)52)63-33(2)57-41-12-11-40(58-48(41)63)36-14-16-54-44(53)26-36/h6-14,16,26-27,31,38,43,47,64H,15,17-25,28-30H2,1-5H3,(H2,53,54)(H,55,66)(H,59,65)/t38-,43+,47-/m1/s1. The zero-order valence-corrected chi connectivity index (χ0v) is 41.2. The molecule has 0 bridgehead atoms. The van der Waals surface area contributed by atoms with Gasteiger partial charge in [0.1, 0.15) is 35.1 Å². The second kappa shape index (κ2) is 22.1. The highest BCUT2D eigenvalue weighted by atomic mass is 32.1. The van der Waals surface area contributed by atoms with E-state index in [1.807, 2.05) is 99.3 Å². The molecule has 6 aromatic rings. The first kappa shape index (κ1) is 50.0. The monoisotopic (exact) mass is 975 g/mol. The van der Waals surface area contributed by atoms with Crippen molar-refractivity contribution >= 4 is 51.7 Å². The summed E-state index contributed by atoms with van der Waals surface area (Å²) in [7, 11) is 0. The first-order valence-electron chi connectivity index (χ1n) is 23.7. The van der Waals surface area contributed by atoms with Crippen LogP contribution in [0.4, 0.5) is 15.9 Å². The summed E-state index contributed by atoms with van der Waals surface area (Å²) in [6.07, 6.45) is 0.910. The number of nitrogens with two attached hydrogens (primary N) is 1. The van der Waals surface area contributed by atoms with Gasteiger partial charge >= 0.3 is 0 Å². The molecule has 4 aromatic heterocycles. The van der Waals surface area contributed by atoms with E-state index in [0.29, 0.717) is 79.3 Å². The fourth-order valence-electron chi connectivity index (χ4n) is 8.95. The van der Waals surface area contributed by atoms with Crippen molar-refractivity contribution in [2.24, 2.45) is 5.41 Å². The quantitative estimate of drug-likeness (QED) is 0.0809. The summed E-state index contributed by atoms with van der Waals surface area (Å²) in [6, 6.07) is 18.7. The van der Waals surface area contributed by atoms with Crippen LogP contribution in [0.2, 0.25) is 0 Å². The van der Waals surface area contributed by atoms with Gasteiger partial charge in [-0.25, -0.2) is 24.3 Å². The highest BCUT2D eigenvalue weighted by molar-refractivity contribution is 7.13. The highest BCUT2D eigenvalue weighted by Crippen LogP contribution is 2.31. The van der Waals surface area contributed by atoms with Crippen LogP contribution in [0, 0.1) is 25.1 Å². The number of aromatic nitrogens is 5. The first-order chi connectivity index (χ1) is 33.6. The molecule has 2 saturated heterocycles. The van der Waals surface area contributed by atoms with Crippen molar-refractivity contribution in [1.82, 2.24) is 44.9 Å². The summed E-state index contributed by atoms with van der Waals surface area (Å²) < 4.78 is 29.2. The third-order valence-corrected chi connectivity index (χ3v) is 13.7. The molecule has 370 valence electrons. The molecule has 3 amide bonds. The Kier molecular flexibility index (Phi) is 15.8. The molecule has 2 fully saturated rings. The number of aliphatic hydroxyl groups is 1. The van der Waals surface area contributed by atoms with Gasteiger partial charge in [0, 0.05) is 76.5 Å². The van der Waals surface area contributed by atoms with E-state index < -0.39 is 29.5 Å². The smallest absolute Gasteiger partial charge is 0.246 e. The number of ether oxygens (including phenoxy) is 2. The first-order valence-corrected chi connectivity index (χ1v) is 24.6. The molecule has 0 radical (unpaired) electrons. The number of nitrogens with zero attached hydrogens (tertiary/aromatic N) is 8. The third kappa shape index (κ3) is 12.0. The number of fused-ring (bicyclic) bond motifs is 1. The Labute approximate surface area is 411 Å². The van der Waals surface area contributed by atoms with E-state index in [4.69, 9.17) is 20.2 Å². The number of nitrogens with one attached hydrogen (secondary N) is 2. The minimum absolute atomic E-state index is 0.00593. The molecule has 8 rings (SSSR count). The normalized spacial score (nSPS) is 17.0. The second-order valence-electron chi connectivity index (χ2n) is 18.9. The molecule has 0 saturated carbocycles. The summed E-state index contributed by atoms with van der Waals surface area (Å²) in [5, 5.41) is 16.4. The average Bonchev–Trinajstić information content (AvgIpc) is 4.05. The number of halogens is 1. The summed E-state index contributed by atoms with van der Waals surface area (Å²) >= 11 is 1.57. The predicted molar refractivity (Wildman–Crippen MR) is 268 cm³/mol. The molecule has 2 aliphatic heterocycles. The fraction of sp³-hybridized carbons (Fsp3) is 0.431. The van der Waals surface area contributed by atoms with Crippen molar-refractivity contribution in [2.75, 3.05) is 76.3 Å². The lowest BCUT2D eigenvalue weighted by Crippen LogP contribution is -2.57. The number of aryl methyl sites for hydroxylation is 2. The van der Waals surface area contributed by atoms with Gasteiger partial charge in [-0.2, -0.15) is 0 Å². The predicted octanol–water partition coefficient (Wildman–Crippen LogP) is 5.30. The van der Waals surface area contributed by atoms with Crippen LogP contribution >= 0.6 is 11.3 Å². The lowest BCUT2D eigenvalue weighted by Gasteiger charge is -2.36. The topological polar surface area (TPSA) is 206 Å². The van der Waals surface area contributed by atoms with Crippen molar-refractivity contribution in [3.05, 3.63) is 101 Å². The zero-order chi connectivity index (χ0) is 49.5. The number of hydrogen-bond acceptors (Lipinski definition) is 14. The number of carbonyl (C=O) groups excluding carboxylic acids is 3. The van der Waals surface area contributed by atoms with Crippen molar-refractivity contribution in [3.63, 3.8) is 0 Å². The van der Waals surface area contributed by atoms with Crippen LogP contribution in [0.5, 0.6) is 0 Å². The number of β-amino-alcohol motifs (C(OH)–C–C–N with tert-alkyl or cyclic N) is 1. The minimum atomic E-state index is -0.932. The summed E-state index contributed by atoms with van der Waals surface area (Å²) in [4.78, 5) is 65.3. The van der Waals surface area contributed by atoms with Gasteiger partial charge in [0.2, 0.25) is 17.7 Å². The molecule has 6 heterocycles. The van der Waals surface area contributed by atoms with Gasteiger partial charge in [-0.05, 0) is 66.8 Å². The number of thiazole rings is 1. The van der Waals surface area contributed by atoms with Crippen molar-refractivity contribution in [3.8, 4) is 27.4 Å². The van der Waals surface area contributed by atoms with E-state index in [1.54, 1.807) is 23.6 Å². The molecular weight excluding hydrogens is 914 g/mol. The van der Waals surface area contributed by atoms with Gasteiger partial charge in [-0.15, -0.1) is 11.3 Å². The summed E-state index contributed by atoms with van der Waals surface area (Å²) in [6.45, 7) is 14.5. The number of likely N-dealkylation sites (tertiary alicyclic amines) is 1. The third-order valence-electron chi connectivity index (χ3n) is 12.8. The lowest BCUT2D eigenvalue weighted by atomic mass is 9.85. The summed E-state index contributed by atoms with van der Waals surface area (Å²) in [5.41, 5.74) is 14.0. The Morgan fingerprint density at radius 2 is 1.67 bits per heavy atom. The van der Waals surface area contributed by atoms with Gasteiger partial charge in [-0.3, -0.25) is 23.9 Å². The largest absolute Gasteiger partial charge is 0.391 e. The summed E-state index contributed by atoms with van der Waals surface area (Å²) in [5.74, 6) is -0.359. The van der Waals surface area contributed by atoms with E-state index in [-0.39, 0.29) is 50.2 Å². The van der Waals surface area contributed by atoms with Gasteiger partial charge in [0.25, 0.3) is 0 Å². The number of rotatable bonds is 18. The van der Waals surface area contributed by atoms with Crippen LogP contribution in [-0.2, 0) is 30.4 Å². The van der Waals surface area contributed by atoms with E-state index in [0.717, 1.165) is 40.4 Å². The molecule has 0 spiro atoms. The number of amides is 3. The van der Waals surface area contributed by atoms with Crippen LogP contribution in [0.1, 0.15) is 50.7 Å². The molecule has 0 unspecified atom stereocenters.